The number of nitrogens with zero attached hydrogens (tertiary/aromatic N) is 1. The van der Waals surface area contributed by atoms with E-state index in [1.807, 2.05) is 37.3 Å². The molecule has 0 aliphatic heterocycles. The van der Waals surface area contributed by atoms with Crippen LogP contribution in [0.4, 0.5) is 0 Å². The predicted octanol–water partition coefficient (Wildman–Crippen LogP) is 2.65. The van der Waals surface area contributed by atoms with Crippen molar-refractivity contribution in [1.82, 2.24) is 4.98 Å². The summed E-state index contributed by atoms with van der Waals surface area (Å²) in [6.07, 6.45) is 4.42. The van der Waals surface area contributed by atoms with Crippen molar-refractivity contribution in [2.75, 3.05) is 6.61 Å². The molecule has 1 aromatic heterocycles. The van der Waals surface area contributed by atoms with Gasteiger partial charge in [0.1, 0.15) is 10.7 Å². The fraction of sp³-hybridized carbons (Fsp3) is 0.200. The summed E-state index contributed by atoms with van der Waals surface area (Å²) >= 11 is 4.97. The van der Waals surface area contributed by atoms with Crippen molar-refractivity contribution >= 4 is 17.2 Å². The first kappa shape index (κ1) is 13.5. The number of hydrogen-bond acceptors (Lipinski definition) is 3. The molecule has 1 aromatic carbocycles. The van der Waals surface area contributed by atoms with E-state index in [2.05, 4.69) is 4.98 Å². The molecule has 2 rings (SSSR count). The van der Waals surface area contributed by atoms with Crippen LogP contribution in [0.5, 0.6) is 5.75 Å². The molecule has 0 aliphatic carbocycles. The van der Waals surface area contributed by atoms with Crippen molar-refractivity contribution in [1.29, 1.82) is 0 Å². The van der Waals surface area contributed by atoms with Crippen LogP contribution in [0.25, 0.3) is 0 Å². The summed E-state index contributed by atoms with van der Waals surface area (Å²) in [5.41, 5.74) is 8.74. The molecule has 0 fully saturated rings. The van der Waals surface area contributed by atoms with E-state index in [-0.39, 0.29) is 0 Å². The van der Waals surface area contributed by atoms with Gasteiger partial charge in [-0.3, -0.25) is 4.98 Å². The van der Waals surface area contributed by atoms with Gasteiger partial charge in [0.15, 0.2) is 0 Å². The molecule has 0 amide bonds. The second-order valence-electron chi connectivity index (χ2n) is 4.30. The van der Waals surface area contributed by atoms with Crippen molar-refractivity contribution in [2.45, 2.75) is 13.3 Å². The van der Waals surface area contributed by atoms with Crippen LogP contribution in [-0.4, -0.2) is 16.6 Å². The lowest BCUT2D eigenvalue weighted by Gasteiger charge is -2.10. The van der Waals surface area contributed by atoms with Crippen molar-refractivity contribution in [3.05, 3.63) is 59.4 Å². The largest absolute Gasteiger partial charge is 0.493 e. The Balaban J connectivity index is 1.99. The van der Waals surface area contributed by atoms with Gasteiger partial charge < -0.3 is 10.5 Å². The maximum absolute atomic E-state index is 5.80. The maximum Gasteiger partial charge on any atom is 0.122 e. The average molecular weight is 272 g/mol. The van der Waals surface area contributed by atoms with Crippen LogP contribution >= 0.6 is 12.2 Å². The number of rotatable bonds is 5. The smallest absolute Gasteiger partial charge is 0.122 e. The van der Waals surface area contributed by atoms with Crippen LogP contribution in [0.15, 0.2) is 42.7 Å². The van der Waals surface area contributed by atoms with Gasteiger partial charge in [0.05, 0.1) is 6.61 Å². The van der Waals surface area contributed by atoms with Crippen molar-refractivity contribution in [3.8, 4) is 5.75 Å². The van der Waals surface area contributed by atoms with Gasteiger partial charge in [0, 0.05) is 24.4 Å². The molecular weight excluding hydrogens is 256 g/mol. The van der Waals surface area contributed by atoms with Gasteiger partial charge in [0.25, 0.3) is 0 Å². The molecule has 0 radical (unpaired) electrons. The van der Waals surface area contributed by atoms with E-state index in [9.17, 15) is 0 Å². The zero-order valence-electron chi connectivity index (χ0n) is 10.8. The summed E-state index contributed by atoms with van der Waals surface area (Å²) in [7, 11) is 0. The normalized spacial score (nSPS) is 10.2. The molecule has 0 saturated heterocycles. The molecule has 3 nitrogen and oxygen atoms in total. The minimum atomic E-state index is 0.388. The van der Waals surface area contributed by atoms with Crippen molar-refractivity contribution < 1.29 is 4.74 Å². The molecule has 2 aromatic rings. The van der Waals surface area contributed by atoms with Gasteiger partial charge >= 0.3 is 0 Å². The van der Waals surface area contributed by atoms with Crippen LogP contribution in [-0.2, 0) is 6.42 Å². The monoisotopic (exact) mass is 272 g/mol. The summed E-state index contributed by atoms with van der Waals surface area (Å²) in [6, 6.07) is 9.75. The molecule has 0 atom stereocenters. The van der Waals surface area contributed by atoms with Crippen LogP contribution in [0.1, 0.15) is 16.7 Å². The van der Waals surface area contributed by atoms with Gasteiger partial charge in [-0.25, -0.2) is 0 Å². The van der Waals surface area contributed by atoms with E-state index < -0.39 is 0 Å². The van der Waals surface area contributed by atoms with Gasteiger partial charge in [-0.15, -0.1) is 0 Å². The predicted molar refractivity (Wildman–Crippen MR) is 80.5 cm³/mol. The molecule has 98 valence electrons. The Morgan fingerprint density at radius 3 is 2.68 bits per heavy atom. The summed E-state index contributed by atoms with van der Waals surface area (Å²) in [5, 5.41) is 0. The number of nitrogens with two attached hydrogens (primary N) is 1. The highest BCUT2D eigenvalue weighted by Crippen LogP contribution is 2.19. The Morgan fingerprint density at radius 1 is 1.26 bits per heavy atom. The Kier molecular flexibility index (Phi) is 4.47. The minimum Gasteiger partial charge on any atom is -0.493 e. The average Bonchev–Trinajstić information content (AvgIpc) is 2.42. The van der Waals surface area contributed by atoms with E-state index in [0.29, 0.717) is 11.6 Å². The van der Waals surface area contributed by atoms with E-state index in [1.54, 1.807) is 12.4 Å². The summed E-state index contributed by atoms with van der Waals surface area (Å²) < 4.78 is 5.80. The lowest BCUT2D eigenvalue weighted by Crippen LogP contribution is -2.10. The maximum atomic E-state index is 5.80. The molecule has 4 heteroatoms. The topological polar surface area (TPSA) is 48.1 Å². The van der Waals surface area contributed by atoms with Crippen LogP contribution in [0.3, 0.4) is 0 Å². The van der Waals surface area contributed by atoms with Gasteiger partial charge in [-0.2, -0.15) is 0 Å². The number of benzene rings is 1. The highest BCUT2D eigenvalue weighted by Gasteiger charge is 2.03. The number of aromatic nitrogens is 1. The second-order valence-corrected chi connectivity index (χ2v) is 4.74. The summed E-state index contributed by atoms with van der Waals surface area (Å²) in [4.78, 5) is 4.38. The molecule has 0 unspecified atom stereocenters. The molecule has 2 N–H and O–H groups in total. The van der Waals surface area contributed by atoms with E-state index in [1.165, 1.54) is 5.56 Å². The number of aryl methyl sites for hydroxylation is 1. The number of thiocarbonyl (C=S) groups is 1. The highest BCUT2D eigenvalue weighted by atomic mass is 32.1. The standard InChI is InChI=1S/C15H16N2OS/c1-11-2-3-13(15(16)19)10-14(11)18-9-6-12-4-7-17-8-5-12/h2-5,7-8,10H,6,9H2,1H3,(H2,16,19). The number of ether oxygens (including phenoxy) is 1. The van der Waals surface area contributed by atoms with Gasteiger partial charge in [0.2, 0.25) is 0 Å². The molecule has 1 heterocycles. The summed E-state index contributed by atoms with van der Waals surface area (Å²) in [5.74, 6) is 0.833. The van der Waals surface area contributed by atoms with Crippen LogP contribution in [0.2, 0.25) is 0 Å². The Bertz CT molecular complexity index is 570. The zero-order valence-corrected chi connectivity index (χ0v) is 11.6. The minimum absolute atomic E-state index is 0.388. The number of hydrogen-bond donors (Lipinski definition) is 1. The fourth-order valence-electron chi connectivity index (χ4n) is 1.74. The van der Waals surface area contributed by atoms with Gasteiger partial charge in [-0.1, -0.05) is 24.4 Å². The molecule has 0 spiro atoms. The van der Waals surface area contributed by atoms with Crippen molar-refractivity contribution in [3.63, 3.8) is 0 Å². The fourth-order valence-corrected chi connectivity index (χ4v) is 1.86. The Labute approximate surface area is 118 Å². The molecule has 0 saturated carbocycles. The van der Waals surface area contributed by atoms with E-state index in [4.69, 9.17) is 22.7 Å². The molecule has 0 aliphatic rings. The molecular formula is C15H16N2OS. The van der Waals surface area contributed by atoms with Crippen LogP contribution < -0.4 is 10.5 Å². The Hall–Kier alpha value is -1.94. The lowest BCUT2D eigenvalue weighted by atomic mass is 10.1. The van der Waals surface area contributed by atoms with Gasteiger partial charge in [-0.05, 0) is 36.2 Å². The highest BCUT2D eigenvalue weighted by molar-refractivity contribution is 7.80. The first-order valence-corrected chi connectivity index (χ1v) is 6.50. The van der Waals surface area contributed by atoms with E-state index in [0.717, 1.165) is 23.3 Å². The first-order valence-electron chi connectivity index (χ1n) is 6.09. The molecule has 0 bridgehead atoms. The third-order valence-electron chi connectivity index (χ3n) is 2.87. The third kappa shape index (κ3) is 3.76. The lowest BCUT2D eigenvalue weighted by molar-refractivity contribution is 0.319. The zero-order chi connectivity index (χ0) is 13.7. The Morgan fingerprint density at radius 2 is 2.00 bits per heavy atom. The van der Waals surface area contributed by atoms with Crippen molar-refractivity contribution in [2.24, 2.45) is 5.73 Å². The van der Waals surface area contributed by atoms with Crippen LogP contribution in [0, 0.1) is 6.92 Å². The third-order valence-corrected chi connectivity index (χ3v) is 3.11. The SMILES string of the molecule is Cc1ccc(C(N)=S)cc1OCCc1ccncc1. The quantitative estimate of drug-likeness (QED) is 0.850. The second kappa shape index (κ2) is 6.29. The number of pyridine rings is 1. The summed E-state index contributed by atoms with van der Waals surface area (Å²) in [6.45, 7) is 2.62. The van der Waals surface area contributed by atoms with E-state index >= 15 is 0 Å². The first-order chi connectivity index (χ1) is 9.16. The molecule has 19 heavy (non-hydrogen) atoms.